The summed E-state index contributed by atoms with van der Waals surface area (Å²) in [5.41, 5.74) is 6.66. The third-order valence-electron chi connectivity index (χ3n) is 6.22. The van der Waals surface area contributed by atoms with Gasteiger partial charge in [0.05, 0.1) is 13.5 Å². The van der Waals surface area contributed by atoms with Crippen LogP contribution in [0.2, 0.25) is 0 Å². The number of rotatable bonds is 10. The van der Waals surface area contributed by atoms with Gasteiger partial charge in [-0.05, 0) is 29.8 Å². The minimum Gasteiger partial charge on any atom is -0.508 e. The standard InChI is InChI=1S/C26H29N5O8/c1-39-22(35)13-20-26(38)30(14-21(33)34)10-11-31(20)25(37)19(12-15-2-8-18(32)9-3-15)29-24(36)17-6-4-16(5-7-17)23(27)28/h2-9,19-20,32H,10-14H2,1H3,(H3,27,28)(H,29,36)(H,33,34)/t19-,20?/m0/s1. The Morgan fingerprint density at radius 2 is 1.69 bits per heavy atom. The number of carbonyl (C=O) groups is 5. The number of amides is 3. The zero-order valence-corrected chi connectivity index (χ0v) is 21.1. The number of nitrogen functional groups attached to an aromatic ring is 1. The number of benzene rings is 2. The van der Waals surface area contributed by atoms with E-state index < -0.39 is 54.7 Å². The van der Waals surface area contributed by atoms with Gasteiger partial charge in [0, 0.05) is 30.6 Å². The van der Waals surface area contributed by atoms with Gasteiger partial charge in [-0.1, -0.05) is 24.3 Å². The number of methoxy groups -OCH3 is 1. The summed E-state index contributed by atoms with van der Waals surface area (Å²) in [5, 5.41) is 28.9. The molecule has 0 aromatic heterocycles. The summed E-state index contributed by atoms with van der Waals surface area (Å²) in [4.78, 5) is 65.5. The average molecular weight is 540 g/mol. The lowest BCUT2D eigenvalue weighted by atomic mass is 10.0. The van der Waals surface area contributed by atoms with E-state index in [9.17, 15) is 29.1 Å². The highest BCUT2D eigenvalue weighted by Gasteiger charge is 2.41. The van der Waals surface area contributed by atoms with Gasteiger partial charge < -0.3 is 35.8 Å². The van der Waals surface area contributed by atoms with Crippen LogP contribution < -0.4 is 11.1 Å². The van der Waals surface area contributed by atoms with Gasteiger partial charge in [0.2, 0.25) is 11.8 Å². The number of carboxylic acids is 1. The number of aromatic hydroxyl groups is 1. The number of carbonyl (C=O) groups excluding carboxylic acids is 4. The summed E-state index contributed by atoms with van der Waals surface area (Å²) >= 11 is 0. The number of aliphatic carboxylic acids is 1. The lowest BCUT2D eigenvalue weighted by Gasteiger charge is -2.41. The first-order valence-corrected chi connectivity index (χ1v) is 11.9. The van der Waals surface area contributed by atoms with Crippen LogP contribution in [-0.2, 0) is 30.3 Å². The van der Waals surface area contributed by atoms with Crippen LogP contribution in [0, 0.1) is 5.41 Å². The molecule has 1 saturated heterocycles. The van der Waals surface area contributed by atoms with Gasteiger partial charge in [0.25, 0.3) is 5.91 Å². The molecule has 2 aromatic rings. The van der Waals surface area contributed by atoms with Crippen LogP contribution in [0.4, 0.5) is 0 Å². The summed E-state index contributed by atoms with van der Waals surface area (Å²) < 4.78 is 4.68. The number of amidine groups is 1. The Morgan fingerprint density at radius 1 is 1.08 bits per heavy atom. The molecule has 13 nitrogen and oxygen atoms in total. The van der Waals surface area contributed by atoms with Crippen molar-refractivity contribution in [1.82, 2.24) is 15.1 Å². The smallest absolute Gasteiger partial charge is 0.323 e. The zero-order chi connectivity index (χ0) is 28.7. The molecule has 2 aromatic carbocycles. The number of piperazine rings is 1. The molecular weight excluding hydrogens is 510 g/mol. The Hall–Kier alpha value is -4.94. The van der Waals surface area contributed by atoms with E-state index in [4.69, 9.17) is 16.2 Å². The first kappa shape index (κ1) is 28.6. The average Bonchev–Trinajstić information content (AvgIpc) is 2.91. The molecule has 3 rings (SSSR count). The van der Waals surface area contributed by atoms with Crippen LogP contribution in [0.3, 0.4) is 0 Å². The second-order valence-electron chi connectivity index (χ2n) is 8.87. The van der Waals surface area contributed by atoms with Crippen LogP contribution in [0.15, 0.2) is 48.5 Å². The Balaban J connectivity index is 1.91. The van der Waals surface area contributed by atoms with E-state index in [1.807, 2.05) is 0 Å². The van der Waals surface area contributed by atoms with Gasteiger partial charge in [-0.3, -0.25) is 29.4 Å². The van der Waals surface area contributed by atoms with Crippen molar-refractivity contribution in [3.05, 3.63) is 65.2 Å². The molecular formula is C26H29N5O8. The SMILES string of the molecule is COC(=O)CC1C(=O)N(CC(=O)O)CCN1C(=O)[C@H](Cc1ccc(O)cc1)NC(=O)c1ccc(C(=N)N)cc1. The number of phenols is 1. The molecule has 1 aliphatic heterocycles. The van der Waals surface area contributed by atoms with Crippen molar-refractivity contribution in [2.75, 3.05) is 26.7 Å². The van der Waals surface area contributed by atoms with Crippen LogP contribution >= 0.6 is 0 Å². The molecule has 0 aliphatic carbocycles. The molecule has 206 valence electrons. The third kappa shape index (κ3) is 7.31. The lowest BCUT2D eigenvalue weighted by Crippen LogP contribution is -2.63. The minimum absolute atomic E-state index is 0.00881. The number of hydrogen-bond acceptors (Lipinski definition) is 8. The number of ether oxygens (including phenoxy) is 1. The fourth-order valence-corrected chi connectivity index (χ4v) is 4.17. The fourth-order valence-electron chi connectivity index (χ4n) is 4.17. The number of nitrogens with zero attached hydrogens (tertiary/aromatic N) is 2. The van der Waals surface area contributed by atoms with E-state index in [0.717, 1.165) is 16.9 Å². The van der Waals surface area contributed by atoms with Crippen LogP contribution in [0.5, 0.6) is 5.75 Å². The monoisotopic (exact) mass is 539 g/mol. The molecule has 0 bridgehead atoms. The van der Waals surface area contributed by atoms with E-state index in [-0.39, 0.29) is 36.7 Å². The van der Waals surface area contributed by atoms with E-state index >= 15 is 0 Å². The maximum Gasteiger partial charge on any atom is 0.323 e. The van der Waals surface area contributed by atoms with Gasteiger partial charge in [-0.2, -0.15) is 0 Å². The van der Waals surface area contributed by atoms with Gasteiger partial charge in [0.15, 0.2) is 0 Å². The largest absolute Gasteiger partial charge is 0.508 e. The number of nitrogens with one attached hydrogen (secondary N) is 2. The maximum absolute atomic E-state index is 13.8. The van der Waals surface area contributed by atoms with Crippen molar-refractivity contribution in [2.24, 2.45) is 5.73 Å². The number of nitrogens with two attached hydrogens (primary N) is 1. The van der Waals surface area contributed by atoms with Gasteiger partial charge in [-0.15, -0.1) is 0 Å². The highest BCUT2D eigenvalue weighted by atomic mass is 16.5. The predicted molar refractivity (Wildman–Crippen MR) is 137 cm³/mol. The predicted octanol–water partition coefficient (Wildman–Crippen LogP) is -0.296. The highest BCUT2D eigenvalue weighted by Crippen LogP contribution is 2.19. The summed E-state index contributed by atoms with van der Waals surface area (Å²) in [6.45, 7) is -0.752. The first-order chi connectivity index (χ1) is 18.5. The summed E-state index contributed by atoms with van der Waals surface area (Å²) in [6.07, 6.45) is -0.506. The number of hydrogen-bond donors (Lipinski definition) is 5. The summed E-state index contributed by atoms with van der Waals surface area (Å²) in [7, 11) is 1.13. The van der Waals surface area contributed by atoms with Crippen LogP contribution in [0.1, 0.15) is 27.9 Å². The van der Waals surface area contributed by atoms with Gasteiger partial charge >= 0.3 is 11.9 Å². The van der Waals surface area contributed by atoms with E-state index in [1.54, 1.807) is 12.1 Å². The van der Waals surface area contributed by atoms with Crippen LogP contribution in [0.25, 0.3) is 0 Å². The maximum atomic E-state index is 13.8. The van der Waals surface area contributed by atoms with Gasteiger partial charge in [0.1, 0.15) is 30.2 Å². The number of carboxylic acid groups (broad SMARTS) is 1. The summed E-state index contributed by atoms with van der Waals surface area (Å²) in [6, 6.07) is 9.35. The second-order valence-corrected chi connectivity index (χ2v) is 8.87. The van der Waals surface area contributed by atoms with Crippen LogP contribution in [-0.4, -0.2) is 94.3 Å². The normalized spacial score (nSPS) is 15.8. The Morgan fingerprint density at radius 3 is 2.26 bits per heavy atom. The third-order valence-corrected chi connectivity index (χ3v) is 6.22. The lowest BCUT2D eigenvalue weighted by molar-refractivity contribution is -0.159. The number of phenolic OH excluding ortho intramolecular Hbond substituents is 1. The molecule has 0 saturated carbocycles. The molecule has 0 radical (unpaired) electrons. The molecule has 2 atom stereocenters. The zero-order valence-electron chi connectivity index (χ0n) is 21.1. The molecule has 1 heterocycles. The Bertz CT molecular complexity index is 1260. The second kappa shape index (κ2) is 12.5. The molecule has 3 amide bonds. The van der Waals surface area contributed by atoms with Crippen molar-refractivity contribution in [1.29, 1.82) is 5.41 Å². The molecule has 13 heteroatoms. The summed E-state index contributed by atoms with van der Waals surface area (Å²) in [5.74, 6) is -4.17. The topological polar surface area (TPSA) is 203 Å². The molecule has 0 spiro atoms. The molecule has 1 fully saturated rings. The quantitative estimate of drug-likeness (QED) is 0.153. The van der Waals surface area contributed by atoms with Crippen molar-refractivity contribution in [3.63, 3.8) is 0 Å². The van der Waals surface area contributed by atoms with Crippen molar-refractivity contribution in [2.45, 2.75) is 24.9 Å². The Labute approximate surface area is 223 Å². The van der Waals surface area contributed by atoms with E-state index in [0.29, 0.717) is 11.1 Å². The first-order valence-electron chi connectivity index (χ1n) is 11.9. The molecule has 39 heavy (non-hydrogen) atoms. The Kier molecular flexibility index (Phi) is 9.20. The molecule has 1 aliphatic rings. The number of esters is 1. The van der Waals surface area contributed by atoms with Crippen molar-refractivity contribution in [3.8, 4) is 5.75 Å². The van der Waals surface area contributed by atoms with E-state index in [1.165, 1.54) is 36.4 Å². The van der Waals surface area contributed by atoms with Crippen molar-refractivity contribution >= 4 is 35.5 Å². The van der Waals surface area contributed by atoms with Crippen molar-refractivity contribution < 1.29 is 38.9 Å². The molecule has 1 unspecified atom stereocenters. The van der Waals surface area contributed by atoms with E-state index in [2.05, 4.69) is 10.1 Å². The van der Waals surface area contributed by atoms with Gasteiger partial charge in [-0.25, -0.2) is 0 Å². The fraction of sp³-hybridized carbons (Fsp3) is 0.308. The minimum atomic E-state index is -1.33. The highest BCUT2D eigenvalue weighted by molar-refractivity contribution is 6.01. The molecule has 6 N–H and O–H groups in total.